The topological polar surface area (TPSA) is 88.2 Å². The normalized spacial score (nSPS) is 11.0. The second-order valence-electron chi connectivity index (χ2n) is 6.08. The van der Waals surface area contributed by atoms with Crippen molar-refractivity contribution < 1.29 is 13.2 Å². The summed E-state index contributed by atoms with van der Waals surface area (Å²) in [6.07, 6.45) is 3.52. The first kappa shape index (κ1) is 18.6. The Balaban J connectivity index is 1.78. The average Bonchev–Trinajstić information content (AvgIpc) is 2.63. The van der Waals surface area contributed by atoms with E-state index in [1.165, 1.54) is 19.1 Å². The third kappa shape index (κ3) is 4.51. The van der Waals surface area contributed by atoms with Gasteiger partial charge in [-0.1, -0.05) is 12.1 Å². The molecular formula is C20H19N3O3S. The number of hydrogen-bond donors (Lipinski definition) is 2. The lowest BCUT2D eigenvalue weighted by atomic mass is 10.0. The molecule has 0 aliphatic heterocycles. The summed E-state index contributed by atoms with van der Waals surface area (Å²) in [7, 11) is -3.72. The first-order chi connectivity index (χ1) is 12.8. The molecule has 0 radical (unpaired) electrons. The van der Waals surface area contributed by atoms with Crippen LogP contribution >= 0.6 is 0 Å². The number of carbonyl (C=O) groups is 1. The lowest BCUT2D eigenvalue weighted by Crippen LogP contribution is -2.13. The van der Waals surface area contributed by atoms with E-state index in [1.807, 2.05) is 25.1 Å². The molecule has 3 aromatic rings. The van der Waals surface area contributed by atoms with Gasteiger partial charge in [0.05, 0.1) is 4.90 Å². The lowest BCUT2D eigenvalue weighted by molar-refractivity contribution is -0.114. The van der Waals surface area contributed by atoms with Gasteiger partial charge in [0.15, 0.2) is 0 Å². The van der Waals surface area contributed by atoms with Crippen LogP contribution in [0.15, 0.2) is 71.9 Å². The van der Waals surface area contributed by atoms with E-state index in [9.17, 15) is 13.2 Å². The lowest BCUT2D eigenvalue weighted by Gasteiger charge is -2.10. The molecule has 0 unspecified atom stereocenters. The third-order valence-corrected chi connectivity index (χ3v) is 5.37. The van der Waals surface area contributed by atoms with Crippen molar-refractivity contribution in [3.8, 4) is 11.1 Å². The predicted molar refractivity (Wildman–Crippen MR) is 106 cm³/mol. The number of sulfonamides is 1. The van der Waals surface area contributed by atoms with Crippen molar-refractivity contribution >= 4 is 27.3 Å². The van der Waals surface area contributed by atoms with Gasteiger partial charge < -0.3 is 5.32 Å². The second-order valence-corrected chi connectivity index (χ2v) is 7.76. The first-order valence-electron chi connectivity index (χ1n) is 8.27. The number of pyridine rings is 1. The summed E-state index contributed by atoms with van der Waals surface area (Å²) in [4.78, 5) is 15.3. The number of hydrogen-bond acceptors (Lipinski definition) is 4. The highest BCUT2D eigenvalue weighted by Crippen LogP contribution is 2.25. The van der Waals surface area contributed by atoms with Crippen molar-refractivity contribution in [2.24, 2.45) is 0 Å². The van der Waals surface area contributed by atoms with Crippen LogP contribution < -0.4 is 10.0 Å². The molecule has 1 amide bonds. The van der Waals surface area contributed by atoms with Gasteiger partial charge in [-0.15, -0.1) is 0 Å². The molecule has 0 atom stereocenters. The van der Waals surface area contributed by atoms with E-state index in [-0.39, 0.29) is 10.8 Å². The number of aromatic nitrogens is 1. The van der Waals surface area contributed by atoms with Crippen LogP contribution in [-0.2, 0) is 14.8 Å². The summed E-state index contributed by atoms with van der Waals surface area (Å²) >= 11 is 0. The monoisotopic (exact) mass is 381 g/mol. The predicted octanol–water partition coefficient (Wildman–Crippen LogP) is 3.82. The third-order valence-electron chi connectivity index (χ3n) is 3.97. The SMILES string of the molecule is CC(=O)Nc1ccc(S(=O)(=O)Nc2ccc(-c3cnccc3C)cc2)cc1. The molecule has 0 fully saturated rings. The molecule has 2 N–H and O–H groups in total. The number of carbonyl (C=O) groups excluding carboxylic acids is 1. The number of nitrogens with one attached hydrogen (secondary N) is 2. The number of benzene rings is 2. The zero-order chi connectivity index (χ0) is 19.4. The fourth-order valence-electron chi connectivity index (χ4n) is 2.62. The van der Waals surface area contributed by atoms with Crippen LogP contribution in [0, 0.1) is 6.92 Å². The number of nitrogens with zero attached hydrogens (tertiary/aromatic N) is 1. The Hall–Kier alpha value is -3.19. The second kappa shape index (κ2) is 7.59. The van der Waals surface area contributed by atoms with Crippen LogP contribution in [0.5, 0.6) is 0 Å². The summed E-state index contributed by atoms with van der Waals surface area (Å²) < 4.78 is 27.6. The molecule has 0 aliphatic carbocycles. The molecule has 3 rings (SSSR count). The minimum atomic E-state index is -3.72. The van der Waals surface area contributed by atoms with Crippen molar-refractivity contribution in [1.29, 1.82) is 0 Å². The molecule has 0 saturated heterocycles. The van der Waals surface area contributed by atoms with E-state index in [2.05, 4.69) is 15.0 Å². The van der Waals surface area contributed by atoms with Crippen molar-refractivity contribution in [1.82, 2.24) is 4.98 Å². The smallest absolute Gasteiger partial charge is 0.261 e. The van der Waals surface area contributed by atoms with E-state index < -0.39 is 10.0 Å². The molecule has 1 aromatic heterocycles. The van der Waals surface area contributed by atoms with E-state index >= 15 is 0 Å². The zero-order valence-corrected chi connectivity index (χ0v) is 15.7. The summed E-state index contributed by atoms with van der Waals surface area (Å²) in [6.45, 7) is 3.39. The Morgan fingerprint density at radius 2 is 1.56 bits per heavy atom. The number of anilines is 2. The van der Waals surface area contributed by atoms with Gasteiger partial charge in [-0.2, -0.15) is 0 Å². The van der Waals surface area contributed by atoms with Crippen LogP contribution in [0.4, 0.5) is 11.4 Å². The Labute approximate surface area is 158 Å². The average molecular weight is 381 g/mol. The van der Waals surface area contributed by atoms with E-state index in [4.69, 9.17) is 0 Å². The Morgan fingerprint density at radius 3 is 2.15 bits per heavy atom. The molecule has 138 valence electrons. The zero-order valence-electron chi connectivity index (χ0n) is 14.9. The van der Waals surface area contributed by atoms with E-state index in [0.29, 0.717) is 11.4 Å². The van der Waals surface area contributed by atoms with Gasteiger partial charge in [-0.25, -0.2) is 8.42 Å². The molecule has 0 spiro atoms. The largest absolute Gasteiger partial charge is 0.326 e. The Morgan fingerprint density at radius 1 is 0.926 bits per heavy atom. The van der Waals surface area contributed by atoms with Crippen LogP contribution in [0.3, 0.4) is 0 Å². The Bertz CT molecular complexity index is 1060. The molecule has 0 saturated carbocycles. The fourth-order valence-corrected chi connectivity index (χ4v) is 3.68. The fraction of sp³-hybridized carbons (Fsp3) is 0.100. The molecular weight excluding hydrogens is 362 g/mol. The van der Waals surface area contributed by atoms with Crippen molar-refractivity contribution in [3.05, 3.63) is 72.6 Å². The van der Waals surface area contributed by atoms with Gasteiger partial charge in [-0.3, -0.25) is 14.5 Å². The summed E-state index contributed by atoms with van der Waals surface area (Å²) in [5.74, 6) is -0.215. The van der Waals surface area contributed by atoms with Gasteiger partial charge in [-0.05, 0) is 60.5 Å². The van der Waals surface area contributed by atoms with Crippen molar-refractivity contribution in [2.75, 3.05) is 10.0 Å². The molecule has 0 aliphatic rings. The van der Waals surface area contributed by atoms with Gasteiger partial charge in [0.1, 0.15) is 0 Å². The summed E-state index contributed by atoms with van der Waals surface area (Å²) in [5, 5.41) is 2.60. The van der Waals surface area contributed by atoms with Gasteiger partial charge >= 0.3 is 0 Å². The highest BCUT2D eigenvalue weighted by atomic mass is 32.2. The molecule has 7 heteroatoms. The maximum atomic E-state index is 12.5. The summed E-state index contributed by atoms with van der Waals surface area (Å²) in [5.41, 5.74) is 4.06. The molecule has 1 heterocycles. The highest BCUT2D eigenvalue weighted by molar-refractivity contribution is 7.92. The van der Waals surface area contributed by atoms with Crippen molar-refractivity contribution in [3.63, 3.8) is 0 Å². The van der Waals surface area contributed by atoms with Gasteiger partial charge in [0, 0.05) is 36.3 Å². The van der Waals surface area contributed by atoms with Gasteiger partial charge in [0.25, 0.3) is 10.0 Å². The number of amides is 1. The molecule has 2 aromatic carbocycles. The maximum absolute atomic E-state index is 12.5. The molecule has 0 bridgehead atoms. The van der Waals surface area contributed by atoms with Crippen LogP contribution in [-0.4, -0.2) is 19.3 Å². The minimum absolute atomic E-state index is 0.115. The van der Waals surface area contributed by atoms with Crippen molar-refractivity contribution in [2.45, 2.75) is 18.7 Å². The van der Waals surface area contributed by atoms with Gasteiger partial charge in [0.2, 0.25) is 5.91 Å². The summed E-state index contributed by atoms with van der Waals surface area (Å²) in [6, 6.07) is 15.0. The molecule has 27 heavy (non-hydrogen) atoms. The van der Waals surface area contributed by atoms with Crippen LogP contribution in [0.25, 0.3) is 11.1 Å². The van der Waals surface area contributed by atoms with Crippen LogP contribution in [0.2, 0.25) is 0 Å². The maximum Gasteiger partial charge on any atom is 0.261 e. The quantitative estimate of drug-likeness (QED) is 0.703. The molecule has 6 nitrogen and oxygen atoms in total. The van der Waals surface area contributed by atoms with E-state index in [0.717, 1.165) is 16.7 Å². The standard InChI is InChI=1S/C20H19N3O3S/c1-14-11-12-21-13-20(14)16-3-5-18(6-4-16)23-27(25,26)19-9-7-17(8-10-19)22-15(2)24/h3-13,23H,1-2H3,(H,22,24). The first-order valence-corrected chi connectivity index (χ1v) is 9.75. The Kier molecular flexibility index (Phi) is 5.23. The van der Waals surface area contributed by atoms with E-state index in [1.54, 1.807) is 36.7 Å². The number of rotatable bonds is 5. The minimum Gasteiger partial charge on any atom is -0.326 e. The van der Waals surface area contributed by atoms with Crippen LogP contribution in [0.1, 0.15) is 12.5 Å². The highest BCUT2D eigenvalue weighted by Gasteiger charge is 2.14. The number of aryl methyl sites for hydroxylation is 1.